The molecular formula is C19H15NO5. The highest BCUT2D eigenvalue weighted by atomic mass is 16.7. The molecule has 0 saturated carbocycles. The Morgan fingerprint density at radius 1 is 1.00 bits per heavy atom. The molecule has 1 unspecified atom stereocenters. The summed E-state index contributed by atoms with van der Waals surface area (Å²) in [5.41, 5.74) is 0.823. The van der Waals surface area contributed by atoms with Crippen LogP contribution in [0.15, 0.2) is 66.7 Å². The Morgan fingerprint density at radius 2 is 1.68 bits per heavy atom. The van der Waals surface area contributed by atoms with Crippen LogP contribution in [-0.2, 0) is 9.47 Å². The molecule has 6 nitrogen and oxygen atoms in total. The van der Waals surface area contributed by atoms with E-state index in [0.29, 0.717) is 16.5 Å². The van der Waals surface area contributed by atoms with E-state index < -0.39 is 17.2 Å². The van der Waals surface area contributed by atoms with Crippen molar-refractivity contribution < 1.29 is 19.2 Å². The fourth-order valence-electron chi connectivity index (χ4n) is 2.78. The molecule has 126 valence electrons. The number of carbonyl (C=O) groups excluding carboxylic acids is 1. The van der Waals surface area contributed by atoms with Crippen molar-refractivity contribution in [2.24, 2.45) is 0 Å². The molecule has 0 saturated heterocycles. The zero-order valence-corrected chi connectivity index (χ0v) is 13.4. The molecule has 0 bridgehead atoms. The van der Waals surface area contributed by atoms with Crippen LogP contribution in [0.25, 0.3) is 10.8 Å². The smallest absolute Gasteiger partial charge is 0.438 e. The molecule has 0 radical (unpaired) electrons. The zero-order valence-electron chi connectivity index (χ0n) is 13.4. The van der Waals surface area contributed by atoms with Crippen molar-refractivity contribution in [1.29, 1.82) is 0 Å². The molecular weight excluding hydrogens is 322 g/mol. The molecule has 0 N–H and O–H groups in total. The lowest BCUT2D eigenvalue weighted by molar-refractivity contribution is -0.385. The molecule has 0 heterocycles. The predicted molar refractivity (Wildman–Crippen MR) is 92.4 cm³/mol. The van der Waals surface area contributed by atoms with Crippen molar-refractivity contribution in [2.75, 3.05) is 7.11 Å². The molecule has 0 aromatic heterocycles. The number of carbonyl (C=O) groups is 1. The third kappa shape index (κ3) is 3.28. The number of nitro groups is 1. The van der Waals surface area contributed by atoms with Crippen LogP contribution in [0.5, 0.6) is 0 Å². The second kappa shape index (κ2) is 7.00. The van der Waals surface area contributed by atoms with E-state index in [1.807, 2.05) is 18.2 Å². The SMILES string of the molecule is COC(=O)OC(c1ccccc1)c1c([N+](=O)[O-])ccc2ccccc12. The standard InChI is InChI=1S/C19H15NO5/c1-24-19(21)25-18(14-8-3-2-4-9-14)17-15-10-6-5-7-13(15)11-12-16(17)20(22)23/h2-12,18H,1H3. The number of benzene rings is 3. The number of rotatable bonds is 4. The van der Waals surface area contributed by atoms with E-state index in [-0.39, 0.29) is 5.69 Å². The van der Waals surface area contributed by atoms with Crippen molar-refractivity contribution in [3.8, 4) is 0 Å². The highest BCUT2D eigenvalue weighted by molar-refractivity contribution is 5.89. The Hall–Kier alpha value is -3.41. The van der Waals surface area contributed by atoms with Crippen LogP contribution in [-0.4, -0.2) is 18.2 Å². The summed E-state index contributed by atoms with van der Waals surface area (Å²) in [5.74, 6) is 0. The van der Waals surface area contributed by atoms with Crippen molar-refractivity contribution in [1.82, 2.24) is 0 Å². The van der Waals surface area contributed by atoms with E-state index in [1.165, 1.54) is 13.2 Å². The number of hydrogen-bond donors (Lipinski definition) is 0. The van der Waals surface area contributed by atoms with Crippen LogP contribution < -0.4 is 0 Å². The lowest BCUT2D eigenvalue weighted by Crippen LogP contribution is -2.14. The molecule has 0 spiro atoms. The highest BCUT2D eigenvalue weighted by Gasteiger charge is 2.29. The number of fused-ring (bicyclic) bond motifs is 1. The fraction of sp³-hybridized carbons (Fsp3) is 0.105. The van der Waals surface area contributed by atoms with Gasteiger partial charge in [-0.2, -0.15) is 0 Å². The van der Waals surface area contributed by atoms with Gasteiger partial charge in [0.25, 0.3) is 5.69 Å². The lowest BCUT2D eigenvalue weighted by Gasteiger charge is -2.19. The van der Waals surface area contributed by atoms with Gasteiger partial charge >= 0.3 is 6.16 Å². The molecule has 6 heteroatoms. The first-order valence-electron chi connectivity index (χ1n) is 7.57. The van der Waals surface area contributed by atoms with Crippen LogP contribution in [0.3, 0.4) is 0 Å². The monoisotopic (exact) mass is 337 g/mol. The van der Waals surface area contributed by atoms with Gasteiger partial charge in [0.15, 0.2) is 6.10 Å². The Bertz CT molecular complexity index is 924. The Labute approximate surface area is 143 Å². The minimum absolute atomic E-state index is 0.114. The minimum atomic E-state index is -0.958. The summed E-state index contributed by atoms with van der Waals surface area (Å²) in [6.45, 7) is 0. The Kier molecular flexibility index (Phi) is 4.61. The maximum Gasteiger partial charge on any atom is 0.508 e. The van der Waals surface area contributed by atoms with Gasteiger partial charge in [-0.15, -0.1) is 0 Å². The number of nitrogens with zero attached hydrogens (tertiary/aromatic N) is 1. The number of hydrogen-bond acceptors (Lipinski definition) is 5. The summed E-state index contributed by atoms with van der Waals surface area (Å²) in [7, 11) is 1.20. The summed E-state index contributed by atoms with van der Waals surface area (Å²) in [5, 5.41) is 13.1. The number of nitro benzene ring substituents is 1. The summed E-state index contributed by atoms with van der Waals surface area (Å²) >= 11 is 0. The zero-order chi connectivity index (χ0) is 17.8. The Balaban J connectivity index is 2.29. The van der Waals surface area contributed by atoms with Gasteiger partial charge in [-0.1, -0.05) is 54.6 Å². The summed E-state index contributed by atoms with van der Waals surface area (Å²) in [4.78, 5) is 22.9. The average Bonchev–Trinajstić information content (AvgIpc) is 2.65. The highest BCUT2D eigenvalue weighted by Crippen LogP contribution is 2.38. The second-order valence-corrected chi connectivity index (χ2v) is 5.34. The maximum absolute atomic E-state index is 11.8. The topological polar surface area (TPSA) is 78.7 Å². The molecule has 0 aliphatic heterocycles. The molecule has 3 aromatic carbocycles. The third-order valence-corrected chi connectivity index (χ3v) is 3.89. The summed E-state index contributed by atoms with van der Waals surface area (Å²) in [6.07, 6.45) is -1.86. The normalized spacial score (nSPS) is 11.7. The van der Waals surface area contributed by atoms with E-state index in [0.717, 1.165) is 5.39 Å². The second-order valence-electron chi connectivity index (χ2n) is 5.34. The summed E-state index contributed by atoms with van der Waals surface area (Å²) in [6, 6.07) is 19.2. The van der Waals surface area contributed by atoms with Crippen molar-refractivity contribution in [3.05, 3.63) is 88.0 Å². The quantitative estimate of drug-likeness (QED) is 0.394. The van der Waals surface area contributed by atoms with Gasteiger partial charge in [0.2, 0.25) is 0 Å². The molecule has 3 rings (SSSR count). The molecule has 0 aliphatic carbocycles. The Morgan fingerprint density at radius 3 is 2.36 bits per heavy atom. The molecule has 1 atom stereocenters. The third-order valence-electron chi connectivity index (χ3n) is 3.89. The van der Waals surface area contributed by atoms with Gasteiger partial charge in [-0.3, -0.25) is 10.1 Å². The van der Waals surface area contributed by atoms with Crippen molar-refractivity contribution in [2.45, 2.75) is 6.10 Å². The molecule has 0 aliphatic rings. The van der Waals surface area contributed by atoms with Crippen LogP contribution in [0.4, 0.5) is 10.5 Å². The van der Waals surface area contributed by atoms with Gasteiger partial charge in [0.05, 0.1) is 17.6 Å². The van der Waals surface area contributed by atoms with E-state index in [4.69, 9.17) is 4.74 Å². The molecule has 25 heavy (non-hydrogen) atoms. The number of methoxy groups -OCH3 is 1. The molecule has 0 amide bonds. The first-order chi connectivity index (χ1) is 12.1. The van der Waals surface area contributed by atoms with Crippen molar-refractivity contribution >= 4 is 22.6 Å². The van der Waals surface area contributed by atoms with Gasteiger partial charge in [-0.25, -0.2) is 4.79 Å². The van der Waals surface area contributed by atoms with E-state index in [9.17, 15) is 14.9 Å². The van der Waals surface area contributed by atoms with E-state index in [1.54, 1.807) is 42.5 Å². The predicted octanol–water partition coefficient (Wildman–Crippen LogP) is 4.62. The fourth-order valence-corrected chi connectivity index (χ4v) is 2.78. The van der Waals surface area contributed by atoms with Gasteiger partial charge in [0.1, 0.15) is 0 Å². The average molecular weight is 337 g/mol. The first-order valence-corrected chi connectivity index (χ1v) is 7.57. The first kappa shape index (κ1) is 16.4. The van der Waals surface area contributed by atoms with Crippen LogP contribution in [0.2, 0.25) is 0 Å². The largest absolute Gasteiger partial charge is 0.508 e. The lowest BCUT2D eigenvalue weighted by atomic mass is 9.94. The molecule has 0 fully saturated rings. The van der Waals surface area contributed by atoms with E-state index >= 15 is 0 Å². The van der Waals surface area contributed by atoms with Gasteiger partial charge in [0, 0.05) is 6.07 Å². The summed E-state index contributed by atoms with van der Waals surface area (Å²) < 4.78 is 10.0. The molecule has 3 aromatic rings. The van der Waals surface area contributed by atoms with Crippen LogP contribution >= 0.6 is 0 Å². The number of ether oxygens (including phenoxy) is 2. The van der Waals surface area contributed by atoms with Crippen molar-refractivity contribution in [3.63, 3.8) is 0 Å². The minimum Gasteiger partial charge on any atom is -0.438 e. The van der Waals surface area contributed by atoms with Gasteiger partial charge in [-0.05, 0) is 22.4 Å². The van der Waals surface area contributed by atoms with Crippen LogP contribution in [0.1, 0.15) is 17.2 Å². The van der Waals surface area contributed by atoms with Gasteiger partial charge < -0.3 is 9.47 Å². The maximum atomic E-state index is 11.8. The van der Waals surface area contributed by atoms with E-state index in [2.05, 4.69) is 4.74 Å². The van der Waals surface area contributed by atoms with Crippen LogP contribution in [0, 0.1) is 10.1 Å².